The van der Waals surface area contributed by atoms with Crippen molar-refractivity contribution in [2.24, 2.45) is 0 Å². The summed E-state index contributed by atoms with van der Waals surface area (Å²) in [6.07, 6.45) is 1.83. The lowest BCUT2D eigenvalue weighted by atomic mass is 9.79. The molecule has 1 saturated carbocycles. The van der Waals surface area contributed by atoms with Crippen LogP contribution in [-0.2, 0) is 0 Å². The Labute approximate surface area is 103 Å². The molecule has 0 heterocycles. The summed E-state index contributed by atoms with van der Waals surface area (Å²) in [6, 6.07) is 2.10. The average molecular weight is 257 g/mol. The molecule has 1 aliphatic rings. The second-order valence-electron chi connectivity index (χ2n) is 3.97. The molecular formula is C10H10BClFNO3. The van der Waals surface area contributed by atoms with Crippen LogP contribution in [0.4, 0.5) is 4.39 Å². The topological polar surface area (TPSA) is 69.6 Å². The Morgan fingerprint density at radius 1 is 1.47 bits per heavy atom. The first kappa shape index (κ1) is 12.4. The molecule has 4 nitrogen and oxygen atoms in total. The van der Waals surface area contributed by atoms with Crippen molar-refractivity contribution >= 4 is 30.1 Å². The summed E-state index contributed by atoms with van der Waals surface area (Å²) in [5, 5.41) is 20.5. The molecule has 0 atom stereocenters. The van der Waals surface area contributed by atoms with E-state index in [1.54, 1.807) is 0 Å². The smallest absolute Gasteiger partial charge is 0.423 e. The van der Waals surface area contributed by atoms with Crippen molar-refractivity contribution in [3.05, 3.63) is 28.5 Å². The Kier molecular flexibility index (Phi) is 3.37. The van der Waals surface area contributed by atoms with Gasteiger partial charge < -0.3 is 15.4 Å². The van der Waals surface area contributed by atoms with E-state index in [1.807, 2.05) is 0 Å². The number of halogens is 2. The molecule has 7 heteroatoms. The van der Waals surface area contributed by atoms with Crippen molar-refractivity contribution in [3.63, 3.8) is 0 Å². The van der Waals surface area contributed by atoms with Gasteiger partial charge in [-0.3, -0.25) is 4.79 Å². The lowest BCUT2D eigenvalue weighted by Gasteiger charge is -2.09. The normalized spacial score (nSPS) is 14.6. The summed E-state index contributed by atoms with van der Waals surface area (Å²) in [5.74, 6) is -1.28. The van der Waals surface area contributed by atoms with Crippen LogP contribution in [0.3, 0.4) is 0 Å². The summed E-state index contributed by atoms with van der Waals surface area (Å²) in [7, 11) is -1.97. The number of rotatable bonds is 3. The summed E-state index contributed by atoms with van der Waals surface area (Å²) in [6.45, 7) is 0. The molecular weight excluding hydrogens is 247 g/mol. The maximum atomic E-state index is 13.3. The van der Waals surface area contributed by atoms with Crippen LogP contribution in [-0.4, -0.2) is 29.1 Å². The minimum absolute atomic E-state index is 0.0445. The molecule has 0 saturated heterocycles. The van der Waals surface area contributed by atoms with E-state index in [0.717, 1.165) is 25.0 Å². The highest BCUT2D eigenvalue weighted by atomic mass is 35.5. The van der Waals surface area contributed by atoms with Crippen LogP contribution in [0.15, 0.2) is 12.1 Å². The number of carbonyl (C=O) groups excluding carboxylic acids is 1. The fourth-order valence-electron chi connectivity index (χ4n) is 1.43. The fourth-order valence-corrected chi connectivity index (χ4v) is 1.66. The molecule has 1 aromatic carbocycles. The van der Waals surface area contributed by atoms with Crippen LogP contribution in [0.5, 0.6) is 0 Å². The fraction of sp³-hybridized carbons (Fsp3) is 0.300. The minimum atomic E-state index is -1.97. The minimum Gasteiger partial charge on any atom is -0.423 e. The van der Waals surface area contributed by atoms with Crippen LogP contribution in [0.25, 0.3) is 0 Å². The molecule has 3 N–H and O–H groups in total. The zero-order chi connectivity index (χ0) is 12.6. The standard InChI is InChI=1S/C10H10BClFNO3/c12-8-4-9(13)7(11(16)17)3-6(8)10(15)14-5-1-2-5/h3-5,16-17H,1-2H2,(H,14,15). The van der Waals surface area contributed by atoms with Gasteiger partial charge in [-0.05, 0) is 25.0 Å². The largest absolute Gasteiger partial charge is 0.491 e. The van der Waals surface area contributed by atoms with Gasteiger partial charge in [-0.25, -0.2) is 4.39 Å². The van der Waals surface area contributed by atoms with Crippen molar-refractivity contribution in [2.75, 3.05) is 0 Å². The van der Waals surface area contributed by atoms with E-state index >= 15 is 0 Å². The van der Waals surface area contributed by atoms with Gasteiger partial charge in [-0.2, -0.15) is 0 Å². The SMILES string of the molecule is O=C(NC1CC1)c1cc(B(O)O)c(F)cc1Cl. The number of nitrogens with one attached hydrogen (secondary N) is 1. The first-order valence-electron chi connectivity index (χ1n) is 5.15. The van der Waals surface area contributed by atoms with Gasteiger partial charge >= 0.3 is 7.12 Å². The number of hydrogen-bond donors (Lipinski definition) is 3. The predicted octanol–water partition coefficient (Wildman–Crippen LogP) is 0.0511. The molecule has 1 amide bonds. The van der Waals surface area contributed by atoms with Gasteiger partial charge in [0, 0.05) is 11.5 Å². The van der Waals surface area contributed by atoms with Crippen molar-refractivity contribution < 1.29 is 19.2 Å². The highest BCUT2D eigenvalue weighted by Crippen LogP contribution is 2.21. The van der Waals surface area contributed by atoms with Gasteiger partial charge in [0.2, 0.25) is 0 Å². The first-order valence-corrected chi connectivity index (χ1v) is 5.52. The molecule has 0 bridgehead atoms. The van der Waals surface area contributed by atoms with E-state index < -0.39 is 18.8 Å². The highest BCUT2D eigenvalue weighted by Gasteiger charge is 2.26. The molecule has 0 radical (unpaired) electrons. The quantitative estimate of drug-likeness (QED) is 0.670. The Morgan fingerprint density at radius 2 is 2.12 bits per heavy atom. The molecule has 0 spiro atoms. The third kappa shape index (κ3) is 2.77. The highest BCUT2D eigenvalue weighted by molar-refractivity contribution is 6.59. The van der Waals surface area contributed by atoms with Crippen LogP contribution in [0.1, 0.15) is 23.2 Å². The monoisotopic (exact) mass is 257 g/mol. The van der Waals surface area contributed by atoms with E-state index in [0.29, 0.717) is 0 Å². The molecule has 1 aliphatic carbocycles. The van der Waals surface area contributed by atoms with Gasteiger partial charge in [-0.15, -0.1) is 0 Å². The number of hydrogen-bond acceptors (Lipinski definition) is 3. The number of carbonyl (C=O) groups is 1. The molecule has 0 aliphatic heterocycles. The molecule has 0 aromatic heterocycles. The van der Waals surface area contributed by atoms with Crippen molar-refractivity contribution in [1.29, 1.82) is 0 Å². The van der Waals surface area contributed by atoms with E-state index in [-0.39, 0.29) is 22.1 Å². The Morgan fingerprint density at radius 3 is 2.65 bits per heavy atom. The maximum absolute atomic E-state index is 13.3. The Hall–Kier alpha value is -1.11. The molecule has 90 valence electrons. The molecule has 2 rings (SSSR count). The van der Waals surface area contributed by atoms with Crippen LogP contribution < -0.4 is 10.8 Å². The van der Waals surface area contributed by atoms with E-state index in [1.165, 1.54) is 0 Å². The van der Waals surface area contributed by atoms with Crippen LogP contribution >= 0.6 is 11.6 Å². The first-order chi connectivity index (χ1) is 7.99. The predicted molar refractivity (Wildman–Crippen MR) is 61.7 cm³/mol. The zero-order valence-corrected chi connectivity index (χ0v) is 9.54. The van der Waals surface area contributed by atoms with Crippen LogP contribution in [0.2, 0.25) is 5.02 Å². The molecule has 0 unspecified atom stereocenters. The van der Waals surface area contributed by atoms with E-state index in [2.05, 4.69) is 5.32 Å². The Bertz CT molecular complexity index is 465. The van der Waals surface area contributed by atoms with Crippen molar-refractivity contribution in [2.45, 2.75) is 18.9 Å². The summed E-state index contributed by atoms with van der Waals surface area (Å²) < 4.78 is 13.3. The zero-order valence-electron chi connectivity index (χ0n) is 8.78. The summed E-state index contributed by atoms with van der Waals surface area (Å²) in [5.41, 5.74) is -0.321. The molecule has 17 heavy (non-hydrogen) atoms. The maximum Gasteiger partial charge on any atom is 0.491 e. The second kappa shape index (κ2) is 4.64. The number of benzene rings is 1. The van der Waals surface area contributed by atoms with Crippen LogP contribution in [0, 0.1) is 5.82 Å². The van der Waals surface area contributed by atoms with E-state index in [4.69, 9.17) is 21.6 Å². The lowest BCUT2D eigenvalue weighted by Crippen LogP contribution is -2.35. The average Bonchev–Trinajstić information content (AvgIpc) is 3.00. The third-order valence-corrected chi connectivity index (χ3v) is 2.83. The van der Waals surface area contributed by atoms with Crippen molar-refractivity contribution in [1.82, 2.24) is 5.32 Å². The van der Waals surface area contributed by atoms with Gasteiger partial charge in [0.1, 0.15) is 5.82 Å². The van der Waals surface area contributed by atoms with Crippen molar-refractivity contribution in [3.8, 4) is 0 Å². The van der Waals surface area contributed by atoms with Gasteiger partial charge in [0.05, 0.1) is 10.6 Å². The van der Waals surface area contributed by atoms with Gasteiger partial charge in [0.15, 0.2) is 0 Å². The van der Waals surface area contributed by atoms with E-state index in [9.17, 15) is 9.18 Å². The lowest BCUT2D eigenvalue weighted by molar-refractivity contribution is 0.0951. The van der Waals surface area contributed by atoms with Gasteiger partial charge in [-0.1, -0.05) is 11.6 Å². The second-order valence-corrected chi connectivity index (χ2v) is 4.38. The third-order valence-electron chi connectivity index (χ3n) is 2.52. The Balaban J connectivity index is 2.31. The summed E-state index contributed by atoms with van der Waals surface area (Å²) in [4.78, 5) is 11.7. The molecule has 1 fully saturated rings. The summed E-state index contributed by atoms with van der Waals surface area (Å²) >= 11 is 5.74. The number of amides is 1. The molecule has 1 aromatic rings. The van der Waals surface area contributed by atoms with Gasteiger partial charge in [0.25, 0.3) is 5.91 Å².